The molecule has 0 bridgehead atoms. The molecule has 156 valence electrons. The predicted molar refractivity (Wildman–Crippen MR) is 106 cm³/mol. The van der Waals surface area contributed by atoms with Gasteiger partial charge in [0.05, 0.1) is 12.0 Å². The maximum Gasteiger partial charge on any atom is 0.311 e. The lowest BCUT2D eigenvalue weighted by Gasteiger charge is -2.16. The number of hydrogen-bond donors (Lipinski definition) is 1. The van der Waals surface area contributed by atoms with Crippen LogP contribution in [0.4, 0.5) is 11.4 Å². The molecular formula is C18H21N3O7S. The normalized spacial score (nSPS) is 11.2. The Kier molecular flexibility index (Phi) is 6.77. The highest BCUT2D eigenvalue weighted by atomic mass is 32.2. The predicted octanol–water partition coefficient (Wildman–Crippen LogP) is 2.18. The van der Waals surface area contributed by atoms with E-state index in [4.69, 9.17) is 9.47 Å². The number of anilines is 1. The molecule has 0 atom stereocenters. The van der Waals surface area contributed by atoms with Crippen molar-refractivity contribution < 1.29 is 27.6 Å². The molecule has 0 radical (unpaired) electrons. The van der Waals surface area contributed by atoms with Crippen LogP contribution in [-0.4, -0.2) is 51.4 Å². The lowest BCUT2D eigenvalue weighted by Crippen LogP contribution is -2.24. The summed E-state index contributed by atoms with van der Waals surface area (Å²) < 4.78 is 36.2. The number of amides is 1. The first-order chi connectivity index (χ1) is 13.6. The minimum atomic E-state index is -3.80. The quantitative estimate of drug-likeness (QED) is 0.509. The zero-order valence-electron chi connectivity index (χ0n) is 16.3. The molecule has 0 heterocycles. The lowest BCUT2D eigenvalue weighted by atomic mass is 10.2. The number of carbonyl (C=O) groups is 1. The maximum absolute atomic E-state index is 12.4. The van der Waals surface area contributed by atoms with Crippen molar-refractivity contribution in [2.75, 3.05) is 33.1 Å². The monoisotopic (exact) mass is 423 g/mol. The van der Waals surface area contributed by atoms with Crippen molar-refractivity contribution in [3.05, 3.63) is 52.1 Å². The van der Waals surface area contributed by atoms with Gasteiger partial charge < -0.3 is 14.8 Å². The fraction of sp³-hybridized carbons (Fsp3) is 0.278. The Labute approximate surface area is 168 Å². The third-order valence-electron chi connectivity index (χ3n) is 3.88. The molecule has 0 aromatic heterocycles. The molecule has 0 saturated heterocycles. The van der Waals surface area contributed by atoms with Crippen LogP contribution in [0.3, 0.4) is 0 Å². The Bertz CT molecular complexity index is 1040. The first kappa shape index (κ1) is 22.1. The highest BCUT2D eigenvalue weighted by Crippen LogP contribution is 2.29. The second-order valence-corrected chi connectivity index (χ2v) is 8.34. The molecule has 2 aromatic rings. The maximum atomic E-state index is 12.4. The first-order valence-electron chi connectivity index (χ1n) is 8.34. The number of nitrogens with zero attached hydrogens (tertiary/aromatic N) is 2. The highest BCUT2D eigenvalue weighted by molar-refractivity contribution is 7.89. The van der Waals surface area contributed by atoms with E-state index in [1.165, 1.54) is 51.5 Å². The Morgan fingerprint density at radius 2 is 1.83 bits per heavy atom. The number of benzene rings is 2. The molecule has 0 aliphatic rings. The van der Waals surface area contributed by atoms with Crippen molar-refractivity contribution >= 4 is 27.3 Å². The molecule has 2 rings (SSSR count). The third-order valence-corrected chi connectivity index (χ3v) is 5.71. The van der Waals surface area contributed by atoms with Crippen LogP contribution in [0.25, 0.3) is 0 Å². The van der Waals surface area contributed by atoms with Crippen molar-refractivity contribution in [2.24, 2.45) is 0 Å². The van der Waals surface area contributed by atoms with Crippen LogP contribution < -0.4 is 14.8 Å². The fourth-order valence-electron chi connectivity index (χ4n) is 2.39. The molecule has 0 fully saturated rings. The van der Waals surface area contributed by atoms with Gasteiger partial charge in [0.25, 0.3) is 5.91 Å². The fourth-order valence-corrected chi connectivity index (χ4v) is 3.46. The summed E-state index contributed by atoms with van der Waals surface area (Å²) in [6, 6.07) is 8.53. The third kappa shape index (κ3) is 5.21. The van der Waals surface area contributed by atoms with Crippen molar-refractivity contribution in [3.63, 3.8) is 0 Å². The van der Waals surface area contributed by atoms with Crippen molar-refractivity contribution in [1.29, 1.82) is 0 Å². The number of rotatable bonds is 8. The molecule has 0 aliphatic carbocycles. The standard InChI is InChI=1S/C18H21N3O7S/c1-12-5-7-15(14(9-12)21(23)24)28-11-18(22)19-13-6-8-16(27-4)17(10-13)29(25,26)20(2)3/h5-10H,11H2,1-4H3,(H,19,22). The zero-order valence-corrected chi connectivity index (χ0v) is 17.1. The van der Waals surface area contributed by atoms with Gasteiger partial charge in [-0.3, -0.25) is 14.9 Å². The molecular weight excluding hydrogens is 402 g/mol. The van der Waals surface area contributed by atoms with Gasteiger partial charge >= 0.3 is 5.69 Å². The number of ether oxygens (including phenoxy) is 2. The Hall–Kier alpha value is -3.18. The summed E-state index contributed by atoms with van der Waals surface area (Å²) in [6.45, 7) is 1.21. The minimum Gasteiger partial charge on any atom is -0.495 e. The summed E-state index contributed by atoms with van der Waals surface area (Å²) in [5.41, 5.74) is 0.640. The van der Waals surface area contributed by atoms with E-state index in [-0.39, 0.29) is 27.8 Å². The molecule has 1 amide bonds. The van der Waals surface area contributed by atoms with Crippen LogP contribution in [0, 0.1) is 17.0 Å². The Morgan fingerprint density at radius 1 is 1.17 bits per heavy atom. The molecule has 0 unspecified atom stereocenters. The molecule has 2 aromatic carbocycles. The van der Waals surface area contributed by atoms with E-state index < -0.39 is 27.5 Å². The van der Waals surface area contributed by atoms with Gasteiger partial charge in [-0.15, -0.1) is 0 Å². The van der Waals surface area contributed by atoms with Gasteiger partial charge in [0.1, 0.15) is 10.6 Å². The topological polar surface area (TPSA) is 128 Å². The summed E-state index contributed by atoms with van der Waals surface area (Å²) in [5.74, 6) is -0.525. The number of nitro benzene ring substituents is 1. The molecule has 0 spiro atoms. The van der Waals surface area contributed by atoms with Gasteiger partial charge in [-0.05, 0) is 36.8 Å². The summed E-state index contributed by atoms with van der Waals surface area (Å²) in [7, 11) is 0.291. The largest absolute Gasteiger partial charge is 0.495 e. The smallest absolute Gasteiger partial charge is 0.311 e. The summed E-state index contributed by atoms with van der Waals surface area (Å²) in [5, 5.41) is 13.6. The molecule has 11 heteroatoms. The molecule has 0 aliphatic heterocycles. The number of aryl methyl sites for hydroxylation is 1. The molecule has 10 nitrogen and oxygen atoms in total. The van der Waals surface area contributed by atoms with Crippen molar-refractivity contribution in [2.45, 2.75) is 11.8 Å². The van der Waals surface area contributed by atoms with Gasteiger partial charge in [0.2, 0.25) is 10.0 Å². The van der Waals surface area contributed by atoms with Gasteiger partial charge in [-0.2, -0.15) is 0 Å². The van der Waals surface area contributed by atoms with Gasteiger partial charge in [0.15, 0.2) is 12.4 Å². The van der Waals surface area contributed by atoms with Crippen LogP contribution >= 0.6 is 0 Å². The molecule has 1 N–H and O–H groups in total. The minimum absolute atomic E-state index is 0.0404. The summed E-state index contributed by atoms with van der Waals surface area (Å²) in [6.07, 6.45) is 0. The van der Waals surface area contributed by atoms with Crippen LogP contribution in [0.2, 0.25) is 0 Å². The van der Waals surface area contributed by atoms with E-state index in [0.29, 0.717) is 5.56 Å². The van der Waals surface area contributed by atoms with E-state index in [2.05, 4.69) is 5.32 Å². The number of nitro groups is 1. The first-order valence-corrected chi connectivity index (χ1v) is 9.78. The van der Waals surface area contributed by atoms with Crippen LogP contribution in [-0.2, 0) is 14.8 Å². The number of sulfonamides is 1. The van der Waals surface area contributed by atoms with Crippen LogP contribution in [0.1, 0.15) is 5.56 Å². The van der Waals surface area contributed by atoms with Crippen LogP contribution in [0.15, 0.2) is 41.3 Å². The van der Waals surface area contributed by atoms with Crippen molar-refractivity contribution in [3.8, 4) is 11.5 Å². The Balaban J connectivity index is 2.17. The summed E-state index contributed by atoms with van der Waals surface area (Å²) >= 11 is 0. The van der Waals surface area contributed by atoms with E-state index in [1.54, 1.807) is 13.0 Å². The Morgan fingerprint density at radius 3 is 2.41 bits per heavy atom. The number of hydrogen-bond acceptors (Lipinski definition) is 7. The van der Waals surface area contributed by atoms with Gasteiger partial charge in [-0.1, -0.05) is 6.07 Å². The average Bonchev–Trinajstić information content (AvgIpc) is 2.66. The molecule has 0 saturated carbocycles. The molecule has 29 heavy (non-hydrogen) atoms. The van der Waals surface area contributed by atoms with Gasteiger partial charge in [-0.25, -0.2) is 12.7 Å². The second-order valence-electron chi connectivity index (χ2n) is 6.22. The van der Waals surface area contributed by atoms with E-state index >= 15 is 0 Å². The second kappa shape index (κ2) is 8.88. The lowest BCUT2D eigenvalue weighted by molar-refractivity contribution is -0.385. The number of carbonyl (C=O) groups excluding carboxylic acids is 1. The van der Waals surface area contributed by atoms with E-state index in [1.807, 2.05) is 0 Å². The SMILES string of the molecule is COc1ccc(NC(=O)COc2ccc(C)cc2[N+](=O)[O-])cc1S(=O)(=O)N(C)C. The zero-order chi connectivity index (χ0) is 21.8. The van der Waals surface area contributed by atoms with Crippen LogP contribution in [0.5, 0.6) is 11.5 Å². The number of methoxy groups -OCH3 is 1. The highest BCUT2D eigenvalue weighted by Gasteiger charge is 2.23. The number of nitrogens with one attached hydrogen (secondary N) is 1. The van der Waals surface area contributed by atoms with Crippen molar-refractivity contribution in [1.82, 2.24) is 4.31 Å². The summed E-state index contributed by atoms with van der Waals surface area (Å²) in [4.78, 5) is 22.6. The van der Waals surface area contributed by atoms with Gasteiger partial charge in [0, 0.05) is 25.8 Å². The van der Waals surface area contributed by atoms with E-state index in [9.17, 15) is 23.3 Å². The average molecular weight is 423 g/mol. The van der Waals surface area contributed by atoms with E-state index in [0.717, 1.165) is 4.31 Å².